The van der Waals surface area contributed by atoms with E-state index in [1.807, 2.05) is 17.9 Å². The first-order valence-electron chi connectivity index (χ1n) is 6.75. The quantitative estimate of drug-likeness (QED) is 0.772. The highest BCUT2D eigenvalue weighted by Gasteiger charge is 2.16. The number of rotatable bonds is 5. The predicted molar refractivity (Wildman–Crippen MR) is 76.9 cm³/mol. The van der Waals surface area contributed by atoms with Gasteiger partial charge in [-0.1, -0.05) is 6.92 Å². The van der Waals surface area contributed by atoms with Gasteiger partial charge in [0.2, 0.25) is 5.91 Å². The molecule has 1 heterocycles. The number of carbonyl (C=O) groups is 1. The van der Waals surface area contributed by atoms with Crippen molar-refractivity contribution in [3.8, 4) is 11.5 Å². The Morgan fingerprint density at radius 2 is 2.00 bits per heavy atom. The molecule has 0 atom stereocenters. The highest BCUT2D eigenvalue weighted by Crippen LogP contribution is 2.34. The molecule has 0 fully saturated rings. The number of hydrogen-bond acceptors (Lipinski definition) is 5. The number of nitrogens with two attached hydrogens (primary N) is 1. The lowest BCUT2D eigenvalue weighted by molar-refractivity contribution is -0.121. The molecule has 0 unspecified atom stereocenters. The number of fused-ring (bicyclic) bond motifs is 1. The van der Waals surface area contributed by atoms with Crippen LogP contribution in [0.25, 0.3) is 0 Å². The molecular formula is C14H21N3O3. The Morgan fingerprint density at radius 1 is 1.35 bits per heavy atom. The minimum Gasteiger partial charge on any atom is -0.486 e. The molecule has 6 nitrogen and oxygen atoms in total. The number of nitrogen functional groups attached to an aromatic ring is 1. The van der Waals surface area contributed by atoms with Crippen molar-refractivity contribution in [1.29, 1.82) is 0 Å². The molecule has 0 radical (unpaired) electrons. The van der Waals surface area contributed by atoms with E-state index in [0.29, 0.717) is 37.7 Å². The fourth-order valence-corrected chi connectivity index (χ4v) is 2.09. The van der Waals surface area contributed by atoms with Gasteiger partial charge in [-0.2, -0.15) is 0 Å². The van der Waals surface area contributed by atoms with Crippen molar-refractivity contribution in [2.75, 3.05) is 39.1 Å². The van der Waals surface area contributed by atoms with E-state index in [1.54, 1.807) is 13.1 Å². The number of nitrogens with zero attached hydrogens (tertiary/aromatic N) is 1. The second-order valence-corrected chi connectivity index (χ2v) is 4.67. The summed E-state index contributed by atoms with van der Waals surface area (Å²) >= 11 is 0. The molecule has 0 aromatic heterocycles. The van der Waals surface area contributed by atoms with Crippen LogP contribution < -0.4 is 20.5 Å². The van der Waals surface area contributed by atoms with Crippen LogP contribution in [-0.4, -0.2) is 44.2 Å². The average molecular weight is 279 g/mol. The van der Waals surface area contributed by atoms with Gasteiger partial charge in [-0.05, 0) is 18.2 Å². The van der Waals surface area contributed by atoms with Gasteiger partial charge in [0.15, 0.2) is 11.5 Å². The van der Waals surface area contributed by atoms with Gasteiger partial charge >= 0.3 is 0 Å². The van der Waals surface area contributed by atoms with Crippen LogP contribution in [0.15, 0.2) is 12.1 Å². The minimum absolute atomic E-state index is 0.0111. The zero-order valence-corrected chi connectivity index (χ0v) is 11.9. The van der Waals surface area contributed by atoms with Crippen molar-refractivity contribution in [3.63, 3.8) is 0 Å². The summed E-state index contributed by atoms with van der Waals surface area (Å²) in [6, 6.07) is 3.69. The van der Waals surface area contributed by atoms with Crippen molar-refractivity contribution < 1.29 is 14.3 Å². The molecular weight excluding hydrogens is 258 g/mol. The Kier molecular flexibility index (Phi) is 4.68. The summed E-state index contributed by atoms with van der Waals surface area (Å²) in [5.74, 6) is 1.39. The Bertz CT molecular complexity index is 491. The largest absolute Gasteiger partial charge is 0.486 e. The van der Waals surface area contributed by atoms with Crippen molar-refractivity contribution >= 4 is 11.6 Å². The van der Waals surface area contributed by atoms with Gasteiger partial charge < -0.3 is 20.5 Å². The summed E-state index contributed by atoms with van der Waals surface area (Å²) in [4.78, 5) is 13.5. The number of hydrogen-bond donors (Lipinski definition) is 2. The zero-order valence-electron chi connectivity index (χ0n) is 11.9. The molecule has 1 amide bonds. The number of anilines is 1. The fraction of sp³-hybridized carbons (Fsp3) is 0.500. The topological polar surface area (TPSA) is 76.8 Å². The molecule has 1 aliphatic rings. The van der Waals surface area contributed by atoms with E-state index in [2.05, 4.69) is 5.32 Å². The fourth-order valence-electron chi connectivity index (χ4n) is 2.09. The molecule has 110 valence electrons. The van der Waals surface area contributed by atoms with Crippen molar-refractivity contribution in [1.82, 2.24) is 10.2 Å². The normalized spacial score (nSPS) is 13.3. The number of likely N-dealkylation sites (N-methyl/N-ethyl adjacent to an activating group) is 2. The average Bonchev–Trinajstić information content (AvgIpc) is 2.46. The van der Waals surface area contributed by atoms with E-state index >= 15 is 0 Å². The van der Waals surface area contributed by atoms with Crippen LogP contribution in [0, 0.1) is 0 Å². The van der Waals surface area contributed by atoms with Gasteiger partial charge in [0.1, 0.15) is 13.2 Å². The molecule has 2 rings (SSSR count). The van der Waals surface area contributed by atoms with E-state index in [1.165, 1.54) is 0 Å². The van der Waals surface area contributed by atoms with Crippen LogP contribution in [0.5, 0.6) is 11.5 Å². The maximum Gasteiger partial charge on any atom is 0.233 e. The first-order chi connectivity index (χ1) is 9.63. The van der Waals surface area contributed by atoms with E-state index in [-0.39, 0.29) is 5.91 Å². The first-order valence-corrected chi connectivity index (χ1v) is 6.75. The highest BCUT2D eigenvalue weighted by atomic mass is 16.6. The molecule has 0 saturated carbocycles. The Labute approximate surface area is 118 Å². The summed E-state index contributed by atoms with van der Waals surface area (Å²) in [5.41, 5.74) is 7.65. The van der Waals surface area contributed by atoms with E-state index in [4.69, 9.17) is 15.2 Å². The van der Waals surface area contributed by atoms with Crippen molar-refractivity contribution in [2.24, 2.45) is 0 Å². The van der Waals surface area contributed by atoms with Crippen LogP contribution in [0.4, 0.5) is 5.69 Å². The number of nitrogens with one attached hydrogen (secondary N) is 1. The first kappa shape index (κ1) is 14.5. The molecule has 0 aliphatic carbocycles. The SMILES string of the molecule is CCN(CC(=O)NC)Cc1cc2c(cc1N)OCCO2. The lowest BCUT2D eigenvalue weighted by Crippen LogP contribution is -2.35. The lowest BCUT2D eigenvalue weighted by atomic mass is 10.1. The third kappa shape index (κ3) is 3.33. The number of benzene rings is 1. The minimum atomic E-state index is -0.0111. The molecule has 1 aliphatic heterocycles. The second kappa shape index (κ2) is 6.47. The summed E-state index contributed by atoms with van der Waals surface area (Å²) in [6.07, 6.45) is 0. The third-order valence-electron chi connectivity index (χ3n) is 3.29. The van der Waals surface area contributed by atoms with Gasteiger partial charge in [-0.15, -0.1) is 0 Å². The van der Waals surface area contributed by atoms with Crippen LogP contribution in [0.2, 0.25) is 0 Å². The van der Waals surface area contributed by atoms with Gasteiger partial charge in [-0.25, -0.2) is 0 Å². The van der Waals surface area contributed by atoms with E-state index < -0.39 is 0 Å². The predicted octanol–water partition coefficient (Wildman–Crippen LogP) is 0.608. The summed E-state index contributed by atoms with van der Waals surface area (Å²) in [7, 11) is 1.63. The summed E-state index contributed by atoms with van der Waals surface area (Å²) in [5, 5.41) is 2.62. The monoisotopic (exact) mass is 279 g/mol. The lowest BCUT2D eigenvalue weighted by Gasteiger charge is -2.23. The molecule has 3 N–H and O–H groups in total. The van der Waals surface area contributed by atoms with Crippen LogP contribution in [0.3, 0.4) is 0 Å². The van der Waals surface area contributed by atoms with Crippen LogP contribution in [0.1, 0.15) is 12.5 Å². The molecule has 0 saturated heterocycles. The smallest absolute Gasteiger partial charge is 0.233 e. The second-order valence-electron chi connectivity index (χ2n) is 4.67. The number of carbonyl (C=O) groups excluding carboxylic acids is 1. The number of ether oxygens (including phenoxy) is 2. The zero-order chi connectivity index (χ0) is 14.5. The van der Waals surface area contributed by atoms with Gasteiger partial charge in [0.05, 0.1) is 6.54 Å². The van der Waals surface area contributed by atoms with Gasteiger partial charge in [-0.3, -0.25) is 9.69 Å². The maximum absolute atomic E-state index is 11.5. The molecule has 6 heteroatoms. The van der Waals surface area contributed by atoms with E-state index in [0.717, 1.165) is 17.9 Å². The van der Waals surface area contributed by atoms with E-state index in [9.17, 15) is 4.79 Å². The molecule has 0 spiro atoms. The molecule has 1 aromatic rings. The van der Waals surface area contributed by atoms with Gasteiger partial charge in [0.25, 0.3) is 0 Å². The molecule has 0 bridgehead atoms. The van der Waals surface area contributed by atoms with Gasteiger partial charge in [0, 0.05) is 25.3 Å². The van der Waals surface area contributed by atoms with Crippen LogP contribution in [-0.2, 0) is 11.3 Å². The Balaban J connectivity index is 2.13. The standard InChI is InChI=1S/C14H21N3O3/c1-3-17(9-14(18)16-2)8-10-6-12-13(7-11(10)15)20-5-4-19-12/h6-7H,3-5,8-9,15H2,1-2H3,(H,16,18). The van der Waals surface area contributed by atoms with Crippen LogP contribution >= 0.6 is 0 Å². The molecule has 1 aromatic carbocycles. The Hall–Kier alpha value is -1.95. The Morgan fingerprint density at radius 3 is 2.60 bits per heavy atom. The van der Waals surface area contributed by atoms with Crippen molar-refractivity contribution in [2.45, 2.75) is 13.5 Å². The number of amides is 1. The van der Waals surface area contributed by atoms with Crippen molar-refractivity contribution in [3.05, 3.63) is 17.7 Å². The third-order valence-corrected chi connectivity index (χ3v) is 3.29. The maximum atomic E-state index is 11.5. The highest BCUT2D eigenvalue weighted by molar-refractivity contribution is 5.77. The summed E-state index contributed by atoms with van der Waals surface area (Å²) < 4.78 is 11.0. The summed E-state index contributed by atoms with van der Waals surface area (Å²) in [6.45, 7) is 4.82. The molecule has 20 heavy (non-hydrogen) atoms.